The molecule has 0 radical (unpaired) electrons. The summed E-state index contributed by atoms with van der Waals surface area (Å²) in [5.74, 6) is -0.464. The summed E-state index contributed by atoms with van der Waals surface area (Å²) in [6.07, 6.45) is -4.00. The normalized spacial score (nSPS) is 58.0. The first kappa shape index (κ1) is 8.40. The van der Waals surface area contributed by atoms with Crippen molar-refractivity contribution < 1.29 is 25.2 Å². The van der Waals surface area contributed by atoms with Crippen LogP contribution in [0, 0.1) is 5.92 Å². The molecule has 1 saturated carbocycles. The van der Waals surface area contributed by atoms with Crippen molar-refractivity contribution in [2.45, 2.75) is 30.5 Å². The van der Waals surface area contributed by atoms with Crippen LogP contribution in [0.25, 0.3) is 0 Å². The number of aliphatic hydroxyl groups excluding tert-OH is 4. The van der Waals surface area contributed by atoms with Gasteiger partial charge in [0.1, 0.15) is 18.3 Å². The van der Waals surface area contributed by atoms with Gasteiger partial charge in [0.15, 0.2) is 0 Å². The average molecular weight is 176 g/mol. The Morgan fingerprint density at radius 1 is 0.917 bits per heavy atom. The third-order valence-corrected chi connectivity index (χ3v) is 2.67. The number of hydrogen-bond donors (Lipinski definition) is 4. The van der Waals surface area contributed by atoms with Gasteiger partial charge in [-0.2, -0.15) is 0 Å². The fraction of sp³-hybridized carbons (Fsp3) is 1.00. The van der Waals surface area contributed by atoms with E-state index in [4.69, 9.17) is 9.84 Å². The van der Waals surface area contributed by atoms with E-state index in [9.17, 15) is 15.3 Å². The van der Waals surface area contributed by atoms with Gasteiger partial charge in [0, 0.05) is 5.92 Å². The number of ether oxygens (including phenoxy) is 1. The van der Waals surface area contributed by atoms with Gasteiger partial charge in [0.25, 0.3) is 0 Å². The largest absolute Gasteiger partial charge is 0.396 e. The monoisotopic (exact) mass is 176 g/mol. The van der Waals surface area contributed by atoms with Crippen molar-refractivity contribution in [2.24, 2.45) is 5.92 Å². The molecule has 0 spiro atoms. The second-order valence-electron chi connectivity index (χ2n) is 3.38. The summed E-state index contributed by atoms with van der Waals surface area (Å²) in [4.78, 5) is 0. The molecular weight excluding hydrogens is 164 g/mol. The Kier molecular flexibility index (Phi) is 1.85. The van der Waals surface area contributed by atoms with Gasteiger partial charge in [-0.3, -0.25) is 0 Å². The predicted molar refractivity (Wildman–Crippen MR) is 37.3 cm³/mol. The van der Waals surface area contributed by atoms with Crippen LogP contribution in [0.5, 0.6) is 0 Å². The van der Waals surface area contributed by atoms with Crippen LogP contribution >= 0.6 is 0 Å². The Morgan fingerprint density at radius 2 is 1.58 bits per heavy atom. The quantitative estimate of drug-likeness (QED) is 0.330. The summed E-state index contributed by atoms with van der Waals surface area (Å²) in [5.41, 5.74) is 0. The summed E-state index contributed by atoms with van der Waals surface area (Å²) >= 11 is 0. The van der Waals surface area contributed by atoms with E-state index >= 15 is 0 Å². The molecule has 0 aromatic heterocycles. The Balaban J connectivity index is 2.11. The number of hydrogen-bond acceptors (Lipinski definition) is 5. The summed E-state index contributed by atoms with van der Waals surface area (Å²) in [5, 5.41) is 36.7. The number of aliphatic hydroxyl groups is 4. The minimum atomic E-state index is -1.20. The molecule has 70 valence electrons. The molecule has 0 amide bonds. The molecule has 2 fully saturated rings. The first-order valence-electron chi connectivity index (χ1n) is 3.97. The third kappa shape index (κ3) is 0.982. The van der Waals surface area contributed by atoms with Gasteiger partial charge in [-0.15, -0.1) is 0 Å². The van der Waals surface area contributed by atoms with E-state index < -0.39 is 30.3 Å². The zero-order valence-corrected chi connectivity index (χ0v) is 6.37. The maximum atomic E-state index is 9.35. The minimum absolute atomic E-state index is 0.230. The molecule has 5 nitrogen and oxygen atoms in total. The van der Waals surface area contributed by atoms with Crippen LogP contribution in [0.3, 0.4) is 0 Å². The van der Waals surface area contributed by atoms with Crippen molar-refractivity contribution in [1.82, 2.24) is 0 Å². The van der Waals surface area contributed by atoms with E-state index in [2.05, 4.69) is 0 Å². The van der Waals surface area contributed by atoms with Crippen LogP contribution in [0.15, 0.2) is 0 Å². The van der Waals surface area contributed by atoms with Crippen LogP contribution in [-0.2, 0) is 4.74 Å². The van der Waals surface area contributed by atoms with Gasteiger partial charge in [0.2, 0.25) is 0 Å². The Labute approximate surface area is 69.2 Å². The number of fused-ring (bicyclic) bond motifs is 1. The van der Waals surface area contributed by atoms with Crippen LogP contribution in [0.1, 0.15) is 0 Å². The fourth-order valence-corrected chi connectivity index (χ4v) is 1.81. The topological polar surface area (TPSA) is 93.5 Å². The molecule has 6 atom stereocenters. The molecule has 5 heteroatoms. The van der Waals surface area contributed by atoms with Crippen molar-refractivity contribution >= 4 is 0 Å². The van der Waals surface area contributed by atoms with Crippen molar-refractivity contribution in [1.29, 1.82) is 0 Å². The Bertz CT molecular complexity index is 185. The van der Waals surface area contributed by atoms with Gasteiger partial charge in [-0.05, 0) is 0 Å². The molecular formula is C7H12O5. The first-order chi connectivity index (χ1) is 5.66. The van der Waals surface area contributed by atoms with Crippen LogP contribution in [-0.4, -0.2) is 57.6 Å². The molecule has 1 heterocycles. The average Bonchev–Trinajstić information content (AvgIpc) is 2.81. The standard InChI is InChI=1S/C7H12O5/c8-1-2-3(9)4(10)5(11)7-6(2)12-7/h2-11H,1H2. The van der Waals surface area contributed by atoms with Crippen LogP contribution < -0.4 is 0 Å². The molecule has 6 unspecified atom stereocenters. The van der Waals surface area contributed by atoms with Gasteiger partial charge in [0.05, 0.1) is 18.8 Å². The first-order valence-corrected chi connectivity index (χ1v) is 3.97. The second-order valence-corrected chi connectivity index (χ2v) is 3.38. The maximum absolute atomic E-state index is 9.35. The zero-order chi connectivity index (χ0) is 8.88. The van der Waals surface area contributed by atoms with Gasteiger partial charge < -0.3 is 25.2 Å². The highest BCUT2D eigenvalue weighted by atomic mass is 16.6. The van der Waals surface area contributed by atoms with E-state index in [1.54, 1.807) is 0 Å². The lowest BCUT2D eigenvalue weighted by Gasteiger charge is -2.30. The Hall–Kier alpha value is -0.200. The lowest BCUT2D eigenvalue weighted by atomic mass is 9.83. The van der Waals surface area contributed by atoms with E-state index in [1.165, 1.54) is 0 Å². The van der Waals surface area contributed by atoms with Gasteiger partial charge in [-0.1, -0.05) is 0 Å². The SMILES string of the molecule is OCC1C(O)C(O)C(O)C2OC12. The molecule has 1 saturated heterocycles. The van der Waals surface area contributed by atoms with Crippen molar-refractivity contribution in [3.05, 3.63) is 0 Å². The molecule has 1 aliphatic heterocycles. The molecule has 0 aromatic rings. The zero-order valence-electron chi connectivity index (χ0n) is 6.37. The lowest BCUT2D eigenvalue weighted by molar-refractivity contribution is -0.105. The highest BCUT2D eigenvalue weighted by Gasteiger charge is 2.59. The molecule has 0 bridgehead atoms. The maximum Gasteiger partial charge on any atom is 0.113 e. The molecule has 12 heavy (non-hydrogen) atoms. The summed E-state index contributed by atoms with van der Waals surface area (Å²) < 4.78 is 5.00. The number of epoxide rings is 1. The smallest absolute Gasteiger partial charge is 0.113 e. The van der Waals surface area contributed by atoms with E-state index in [0.717, 1.165) is 0 Å². The van der Waals surface area contributed by atoms with Gasteiger partial charge in [-0.25, -0.2) is 0 Å². The van der Waals surface area contributed by atoms with E-state index in [-0.39, 0.29) is 12.7 Å². The van der Waals surface area contributed by atoms with Crippen molar-refractivity contribution in [3.8, 4) is 0 Å². The van der Waals surface area contributed by atoms with E-state index in [0.29, 0.717) is 0 Å². The molecule has 2 rings (SSSR count). The summed E-state index contributed by atoms with van der Waals surface area (Å²) in [7, 11) is 0. The molecule has 1 aliphatic carbocycles. The summed E-state index contributed by atoms with van der Waals surface area (Å²) in [6, 6.07) is 0. The minimum Gasteiger partial charge on any atom is -0.396 e. The van der Waals surface area contributed by atoms with Crippen molar-refractivity contribution in [2.75, 3.05) is 6.61 Å². The molecule has 2 aliphatic rings. The second kappa shape index (κ2) is 2.65. The van der Waals surface area contributed by atoms with Crippen molar-refractivity contribution in [3.63, 3.8) is 0 Å². The van der Waals surface area contributed by atoms with Gasteiger partial charge >= 0.3 is 0 Å². The highest BCUT2D eigenvalue weighted by molar-refractivity contribution is 5.07. The van der Waals surface area contributed by atoms with E-state index in [1.807, 2.05) is 0 Å². The summed E-state index contributed by atoms with van der Waals surface area (Å²) in [6.45, 7) is -0.230. The molecule has 4 N–H and O–H groups in total. The third-order valence-electron chi connectivity index (χ3n) is 2.67. The van der Waals surface area contributed by atoms with Crippen LogP contribution in [0.2, 0.25) is 0 Å². The van der Waals surface area contributed by atoms with Crippen LogP contribution in [0.4, 0.5) is 0 Å². The number of rotatable bonds is 1. The predicted octanol–water partition coefficient (Wildman–Crippen LogP) is -2.54. The Morgan fingerprint density at radius 3 is 2.17 bits per heavy atom. The highest BCUT2D eigenvalue weighted by Crippen LogP contribution is 2.40. The molecule has 0 aromatic carbocycles. The lowest BCUT2D eigenvalue weighted by Crippen LogP contribution is -2.52. The fourth-order valence-electron chi connectivity index (χ4n) is 1.81.